The van der Waals surface area contributed by atoms with E-state index in [1.165, 1.54) is 15.3 Å². The number of hydrogen-bond acceptors (Lipinski definition) is 4. The fourth-order valence-electron chi connectivity index (χ4n) is 3.22. The SMILES string of the molecule is Cc1cc(C)nc(-n2[nH]c3cc(=O)n(-c4ccccc4)c(C)c3c2=O)n1. The van der Waals surface area contributed by atoms with E-state index in [-0.39, 0.29) is 17.1 Å². The summed E-state index contributed by atoms with van der Waals surface area (Å²) >= 11 is 0. The number of nitrogens with zero attached hydrogens (tertiary/aromatic N) is 4. The van der Waals surface area contributed by atoms with Gasteiger partial charge in [0.1, 0.15) is 0 Å². The summed E-state index contributed by atoms with van der Waals surface area (Å²) in [6.45, 7) is 5.45. The molecule has 7 nitrogen and oxygen atoms in total. The molecule has 0 bridgehead atoms. The minimum absolute atomic E-state index is 0.212. The van der Waals surface area contributed by atoms with Gasteiger partial charge in [-0.2, -0.15) is 4.68 Å². The Morgan fingerprint density at radius 2 is 1.58 bits per heavy atom. The number of rotatable bonds is 2. The molecule has 0 atom stereocenters. The van der Waals surface area contributed by atoms with Gasteiger partial charge >= 0.3 is 0 Å². The van der Waals surface area contributed by atoms with E-state index in [9.17, 15) is 9.59 Å². The van der Waals surface area contributed by atoms with Crippen molar-refractivity contribution in [2.45, 2.75) is 20.8 Å². The van der Waals surface area contributed by atoms with Crippen molar-refractivity contribution in [3.63, 3.8) is 0 Å². The number of para-hydroxylation sites is 1. The molecule has 26 heavy (non-hydrogen) atoms. The first-order valence-corrected chi connectivity index (χ1v) is 8.21. The van der Waals surface area contributed by atoms with Crippen LogP contribution in [0, 0.1) is 20.8 Å². The highest BCUT2D eigenvalue weighted by molar-refractivity contribution is 5.81. The molecule has 7 heteroatoms. The molecular weight excluding hydrogens is 330 g/mol. The van der Waals surface area contributed by atoms with Gasteiger partial charge in [-0.15, -0.1) is 0 Å². The van der Waals surface area contributed by atoms with Crippen molar-refractivity contribution in [3.05, 3.63) is 80.3 Å². The Labute approximate surface area is 148 Å². The number of aryl methyl sites for hydroxylation is 3. The smallest absolute Gasteiger partial charge is 0.283 e. The molecular formula is C19H17N5O2. The predicted octanol–water partition coefficient (Wildman–Crippen LogP) is 2.18. The summed E-state index contributed by atoms with van der Waals surface area (Å²) in [7, 11) is 0. The fraction of sp³-hybridized carbons (Fsp3) is 0.158. The zero-order valence-electron chi connectivity index (χ0n) is 14.6. The van der Waals surface area contributed by atoms with Gasteiger partial charge in [-0.05, 0) is 39.0 Å². The van der Waals surface area contributed by atoms with Crippen molar-refractivity contribution in [1.82, 2.24) is 24.3 Å². The van der Waals surface area contributed by atoms with Crippen molar-refractivity contribution < 1.29 is 0 Å². The van der Waals surface area contributed by atoms with Gasteiger partial charge in [-0.25, -0.2) is 9.97 Å². The van der Waals surface area contributed by atoms with Gasteiger partial charge in [0.05, 0.1) is 10.9 Å². The topological polar surface area (TPSA) is 85.6 Å². The van der Waals surface area contributed by atoms with Gasteiger partial charge in [0, 0.05) is 28.8 Å². The summed E-state index contributed by atoms with van der Waals surface area (Å²) in [4.78, 5) is 34.3. The second kappa shape index (κ2) is 5.80. The van der Waals surface area contributed by atoms with Crippen molar-refractivity contribution >= 4 is 10.9 Å². The number of pyridine rings is 1. The maximum Gasteiger partial charge on any atom is 0.283 e. The van der Waals surface area contributed by atoms with Crippen molar-refractivity contribution in [2.24, 2.45) is 0 Å². The number of aromatic amines is 1. The van der Waals surface area contributed by atoms with Crippen LogP contribution in [0.1, 0.15) is 17.1 Å². The molecule has 0 saturated carbocycles. The van der Waals surface area contributed by atoms with Crippen molar-refractivity contribution in [2.75, 3.05) is 0 Å². The van der Waals surface area contributed by atoms with Crippen LogP contribution in [-0.2, 0) is 0 Å². The minimum atomic E-state index is -0.285. The molecule has 3 heterocycles. The van der Waals surface area contributed by atoms with Gasteiger partial charge in [-0.1, -0.05) is 18.2 Å². The third-order valence-corrected chi connectivity index (χ3v) is 4.29. The van der Waals surface area contributed by atoms with E-state index in [4.69, 9.17) is 0 Å². The van der Waals surface area contributed by atoms with E-state index >= 15 is 0 Å². The normalized spacial score (nSPS) is 11.2. The maximum absolute atomic E-state index is 13.0. The van der Waals surface area contributed by atoms with Crippen molar-refractivity contribution in [3.8, 4) is 11.6 Å². The Morgan fingerprint density at radius 1 is 0.923 bits per heavy atom. The predicted molar refractivity (Wildman–Crippen MR) is 99.3 cm³/mol. The lowest BCUT2D eigenvalue weighted by Gasteiger charge is -2.09. The Morgan fingerprint density at radius 3 is 2.23 bits per heavy atom. The Hall–Kier alpha value is -3.48. The zero-order chi connectivity index (χ0) is 18.4. The van der Waals surface area contributed by atoms with Crippen LogP contribution in [0.2, 0.25) is 0 Å². The number of hydrogen-bond donors (Lipinski definition) is 1. The molecule has 0 spiro atoms. The summed E-state index contributed by atoms with van der Waals surface area (Å²) in [6, 6.07) is 12.5. The summed E-state index contributed by atoms with van der Waals surface area (Å²) in [5.41, 5.74) is 2.78. The highest BCUT2D eigenvalue weighted by Gasteiger charge is 2.17. The lowest BCUT2D eigenvalue weighted by atomic mass is 10.2. The highest BCUT2D eigenvalue weighted by atomic mass is 16.1. The molecule has 4 rings (SSSR count). The Kier molecular flexibility index (Phi) is 3.57. The van der Waals surface area contributed by atoms with Crippen LogP contribution in [0.3, 0.4) is 0 Å². The van der Waals surface area contributed by atoms with Crippen LogP contribution in [-0.4, -0.2) is 24.3 Å². The van der Waals surface area contributed by atoms with E-state index in [1.807, 2.05) is 50.2 Å². The van der Waals surface area contributed by atoms with Crippen LogP contribution < -0.4 is 11.1 Å². The highest BCUT2D eigenvalue weighted by Crippen LogP contribution is 2.16. The molecule has 0 radical (unpaired) electrons. The molecule has 1 N–H and O–H groups in total. The molecule has 0 saturated heterocycles. The molecule has 1 aromatic carbocycles. The average molecular weight is 347 g/mol. The number of aromatic nitrogens is 5. The van der Waals surface area contributed by atoms with Crippen LogP contribution >= 0.6 is 0 Å². The standard InChI is InChI=1S/C19H17N5O2/c1-11-9-12(2)21-19(20-11)24-18(26)17-13(3)23(14-7-5-4-6-8-14)16(25)10-15(17)22-24/h4-10,22H,1-3H3. The van der Waals surface area contributed by atoms with Gasteiger partial charge in [0.15, 0.2) is 0 Å². The summed E-state index contributed by atoms with van der Waals surface area (Å²) < 4.78 is 2.82. The monoisotopic (exact) mass is 347 g/mol. The molecule has 0 unspecified atom stereocenters. The summed E-state index contributed by atoms with van der Waals surface area (Å²) in [5.74, 6) is 0.266. The number of H-pyrrole nitrogens is 1. The van der Waals surface area contributed by atoms with E-state index in [1.54, 1.807) is 6.92 Å². The fourth-order valence-corrected chi connectivity index (χ4v) is 3.22. The average Bonchev–Trinajstić information content (AvgIpc) is 2.91. The van der Waals surface area contributed by atoms with Gasteiger partial charge in [0.2, 0.25) is 0 Å². The summed E-state index contributed by atoms with van der Waals surface area (Å²) in [6.07, 6.45) is 0. The molecule has 0 aliphatic heterocycles. The zero-order valence-corrected chi connectivity index (χ0v) is 14.6. The Balaban J connectivity index is 2.04. The molecule has 0 amide bonds. The van der Waals surface area contributed by atoms with Gasteiger partial charge in [0.25, 0.3) is 17.1 Å². The summed E-state index contributed by atoms with van der Waals surface area (Å²) in [5, 5.41) is 3.40. The molecule has 0 aliphatic carbocycles. The number of nitrogens with one attached hydrogen (secondary N) is 1. The quantitative estimate of drug-likeness (QED) is 0.602. The van der Waals surface area contributed by atoms with Gasteiger partial charge < -0.3 is 0 Å². The van der Waals surface area contributed by atoms with Gasteiger partial charge in [-0.3, -0.25) is 19.3 Å². The first-order valence-electron chi connectivity index (χ1n) is 8.21. The molecule has 130 valence electrons. The number of fused-ring (bicyclic) bond motifs is 1. The molecule has 3 aromatic heterocycles. The van der Waals surface area contributed by atoms with E-state index in [2.05, 4.69) is 15.1 Å². The van der Waals surface area contributed by atoms with E-state index < -0.39 is 0 Å². The van der Waals surface area contributed by atoms with E-state index in [0.717, 1.165) is 11.4 Å². The lowest BCUT2D eigenvalue weighted by Crippen LogP contribution is -2.22. The molecule has 0 fully saturated rings. The third-order valence-electron chi connectivity index (χ3n) is 4.29. The Bertz CT molecular complexity index is 1230. The minimum Gasteiger partial charge on any atom is -0.287 e. The van der Waals surface area contributed by atoms with Crippen LogP contribution in [0.5, 0.6) is 0 Å². The first kappa shape index (κ1) is 16.0. The third kappa shape index (κ3) is 2.45. The van der Waals surface area contributed by atoms with Crippen LogP contribution in [0.4, 0.5) is 0 Å². The largest absolute Gasteiger partial charge is 0.287 e. The lowest BCUT2D eigenvalue weighted by molar-refractivity contribution is 0.780. The maximum atomic E-state index is 13.0. The van der Waals surface area contributed by atoms with Crippen molar-refractivity contribution in [1.29, 1.82) is 0 Å². The first-order chi connectivity index (χ1) is 12.5. The number of benzene rings is 1. The second-order valence-corrected chi connectivity index (χ2v) is 6.23. The van der Waals surface area contributed by atoms with Crippen LogP contribution in [0.25, 0.3) is 22.5 Å². The molecule has 4 aromatic rings. The van der Waals surface area contributed by atoms with E-state index in [0.29, 0.717) is 22.3 Å². The molecule has 0 aliphatic rings. The second-order valence-electron chi connectivity index (χ2n) is 6.23. The van der Waals surface area contributed by atoms with Crippen LogP contribution in [0.15, 0.2) is 52.1 Å².